The second-order valence-corrected chi connectivity index (χ2v) is 7.72. The number of rotatable bonds is 9. The molecule has 3 aromatic rings. The van der Waals surface area contributed by atoms with Crippen molar-refractivity contribution in [3.05, 3.63) is 77.8 Å². The third-order valence-electron chi connectivity index (χ3n) is 5.35. The predicted octanol–water partition coefficient (Wildman–Crippen LogP) is 3.22. The molecular weight excluding hydrogens is 380 g/mol. The molecule has 1 atom stereocenters. The molecule has 7 heteroatoms. The first-order chi connectivity index (χ1) is 14.8. The van der Waals surface area contributed by atoms with Gasteiger partial charge in [-0.15, -0.1) is 0 Å². The smallest absolute Gasteiger partial charge is 0.234 e. The summed E-state index contributed by atoms with van der Waals surface area (Å²) in [4.78, 5) is 22.2. The number of H-pyrrole nitrogens is 1. The highest BCUT2D eigenvalue weighted by Crippen LogP contribution is 2.23. The van der Waals surface area contributed by atoms with Gasteiger partial charge in [-0.3, -0.25) is 9.69 Å². The Bertz CT molecular complexity index is 908. The maximum absolute atomic E-state index is 12.5. The molecule has 1 aliphatic rings. The molecule has 0 saturated carbocycles. The number of amides is 1. The number of carbonyl (C=O) groups is 1. The summed E-state index contributed by atoms with van der Waals surface area (Å²) in [5, 5.41) is 3.04. The lowest BCUT2D eigenvalue weighted by Crippen LogP contribution is -2.42. The van der Waals surface area contributed by atoms with Gasteiger partial charge in [0.25, 0.3) is 0 Å². The number of furan rings is 1. The van der Waals surface area contributed by atoms with Crippen LogP contribution >= 0.6 is 0 Å². The van der Waals surface area contributed by atoms with Crippen LogP contribution in [-0.4, -0.2) is 40.4 Å². The number of nitrogens with zero attached hydrogens (tertiary/aromatic N) is 2. The van der Waals surface area contributed by atoms with Crippen molar-refractivity contribution in [2.24, 2.45) is 0 Å². The number of benzene rings is 1. The Balaban J connectivity index is 1.21. The fraction of sp³-hybridized carbons (Fsp3) is 0.391. The normalized spacial score (nSPS) is 17.1. The number of hydrogen-bond acceptors (Lipinski definition) is 5. The molecule has 4 rings (SSSR count). The van der Waals surface area contributed by atoms with Gasteiger partial charge in [0, 0.05) is 31.4 Å². The van der Waals surface area contributed by atoms with E-state index in [1.165, 1.54) is 0 Å². The Labute approximate surface area is 176 Å². The van der Waals surface area contributed by atoms with E-state index in [4.69, 9.17) is 9.15 Å². The lowest BCUT2D eigenvalue weighted by molar-refractivity contribution is -0.122. The molecule has 0 bridgehead atoms. The molecule has 1 amide bonds. The molecule has 1 fully saturated rings. The Morgan fingerprint density at radius 1 is 1.27 bits per heavy atom. The lowest BCUT2D eigenvalue weighted by atomic mass is 9.97. The summed E-state index contributed by atoms with van der Waals surface area (Å²) in [6, 6.07) is 11.8. The van der Waals surface area contributed by atoms with Crippen LogP contribution in [0.2, 0.25) is 0 Å². The Kier molecular flexibility index (Phi) is 6.95. The molecule has 1 saturated heterocycles. The highest BCUT2D eigenvalue weighted by molar-refractivity contribution is 5.78. The summed E-state index contributed by atoms with van der Waals surface area (Å²) in [5.41, 5.74) is 2.14. The fourth-order valence-corrected chi connectivity index (χ4v) is 3.88. The van der Waals surface area contributed by atoms with E-state index in [0.717, 1.165) is 48.6 Å². The number of aromatic nitrogens is 2. The van der Waals surface area contributed by atoms with Crippen LogP contribution in [-0.2, 0) is 29.3 Å². The van der Waals surface area contributed by atoms with Crippen molar-refractivity contribution in [1.29, 1.82) is 0 Å². The number of hydrogen-bond donors (Lipinski definition) is 2. The van der Waals surface area contributed by atoms with Crippen molar-refractivity contribution < 1.29 is 13.9 Å². The number of ether oxygens (including phenoxy) is 1. The van der Waals surface area contributed by atoms with Gasteiger partial charge in [-0.2, -0.15) is 0 Å². The van der Waals surface area contributed by atoms with Gasteiger partial charge in [-0.25, -0.2) is 4.98 Å². The number of carbonyl (C=O) groups excluding carboxylic acids is 1. The number of aromatic amines is 1. The Morgan fingerprint density at radius 3 is 3.03 bits per heavy atom. The van der Waals surface area contributed by atoms with Crippen LogP contribution in [0.3, 0.4) is 0 Å². The minimum atomic E-state index is 0.0505. The van der Waals surface area contributed by atoms with E-state index in [2.05, 4.69) is 26.3 Å². The number of likely N-dealkylation sites (tertiary alicyclic amines) is 1. The molecule has 0 unspecified atom stereocenters. The first-order valence-electron chi connectivity index (χ1n) is 10.4. The van der Waals surface area contributed by atoms with Gasteiger partial charge in [0.1, 0.15) is 18.2 Å². The molecule has 1 aromatic carbocycles. The lowest BCUT2D eigenvalue weighted by Gasteiger charge is -2.31. The standard InChI is InChI=1S/C23H28N4O3/c28-22(15-27-10-2-6-20(14-27)23-24-8-9-25-23)26-13-18-4-1-5-19(12-18)16-29-17-21-7-3-11-30-21/h1,3-5,7-9,11-12,20H,2,6,10,13-17H2,(H,24,25)(H,26,28)/t20-/m0/s1. The van der Waals surface area contributed by atoms with E-state index in [1.54, 1.807) is 12.5 Å². The average molecular weight is 409 g/mol. The summed E-state index contributed by atoms with van der Waals surface area (Å²) >= 11 is 0. The molecule has 1 aliphatic heterocycles. The second-order valence-electron chi connectivity index (χ2n) is 7.72. The zero-order valence-corrected chi connectivity index (χ0v) is 17.0. The van der Waals surface area contributed by atoms with Crippen molar-refractivity contribution in [1.82, 2.24) is 20.2 Å². The van der Waals surface area contributed by atoms with Crippen LogP contribution in [0.1, 0.15) is 41.5 Å². The molecule has 2 N–H and O–H groups in total. The predicted molar refractivity (Wildman–Crippen MR) is 112 cm³/mol. The molecule has 30 heavy (non-hydrogen) atoms. The van der Waals surface area contributed by atoms with E-state index in [1.807, 2.05) is 36.5 Å². The molecule has 3 heterocycles. The first-order valence-corrected chi connectivity index (χ1v) is 10.4. The van der Waals surface area contributed by atoms with Gasteiger partial charge in [-0.05, 0) is 42.6 Å². The van der Waals surface area contributed by atoms with Crippen molar-refractivity contribution in [2.45, 2.75) is 38.5 Å². The summed E-state index contributed by atoms with van der Waals surface area (Å²) in [6.45, 7) is 3.70. The second kappa shape index (κ2) is 10.2. The van der Waals surface area contributed by atoms with Gasteiger partial charge in [0.2, 0.25) is 5.91 Å². The Hall–Kier alpha value is -2.90. The molecule has 0 radical (unpaired) electrons. The number of piperidine rings is 1. The molecule has 2 aromatic heterocycles. The molecule has 158 valence electrons. The summed E-state index contributed by atoms with van der Waals surface area (Å²) in [5.74, 6) is 2.26. The topological polar surface area (TPSA) is 83.4 Å². The zero-order valence-electron chi connectivity index (χ0n) is 17.0. The minimum Gasteiger partial charge on any atom is -0.467 e. The van der Waals surface area contributed by atoms with Crippen molar-refractivity contribution in [2.75, 3.05) is 19.6 Å². The average Bonchev–Trinajstić information content (AvgIpc) is 3.47. The van der Waals surface area contributed by atoms with Gasteiger partial charge in [-0.1, -0.05) is 24.3 Å². The third-order valence-corrected chi connectivity index (χ3v) is 5.35. The third kappa shape index (κ3) is 5.81. The summed E-state index contributed by atoms with van der Waals surface area (Å²) in [6.07, 6.45) is 7.48. The van der Waals surface area contributed by atoms with Crippen LogP contribution in [0.5, 0.6) is 0 Å². The van der Waals surface area contributed by atoms with E-state index in [0.29, 0.717) is 32.2 Å². The van der Waals surface area contributed by atoms with Crippen LogP contribution < -0.4 is 5.32 Å². The quantitative estimate of drug-likeness (QED) is 0.568. The van der Waals surface area contributed by atoms with Gasteiger partial charge < -0.3 is 19.5 Å². The minimum absolute atomic E-state index is 0.0505. The summed E-state index contributed by atoms with van der Waals surface area (Å²) < 4.78 is 11.0. The highest BCUT2D eigenvalue weighted by Gasteiger charge is 2.24. The number of nitrogens with one attached hydrogen (secondary N) is 2. The van der Waals surface area contributed by atoms with Gasteiger partial charge >= 0.3 is 0 Å². The first kappa shape index (κ1) is 20.4. The highest BCUT2D eigenvalue weighted by atomic mass is 16.5. The van der Waals surface area contributed by atoms with Crippen LogP contribution in [0.15, 0.2) is 59.5 Å². The SMILES string of the molecule is O=C(CN1CCC[C@H](c2ncc[nH]2)C1)NCc1cccc(COCc2ccco2)c1. The largest absolute Gasteiger partial charge is 0.467 e. The van der Waals surface area contributed by atoms with Gasteiger partial charge in [0.05, 0.1) is 19.4 Å². The van der Waals surface area contributed by atoms with Crippen molar-refractivity contribution in [3.8, 4) is 0 Å². The molecular formula is C23H28N4O3. The van der Waals surface area contributed by atoms with Crippen LogP contribution in [0, 0.1) is 0 Å². The van der Waals surface area contributed by atoms with Crippen molar-refractivity contribution in [3.63, 3.8) is 0 Å². The fourth-order valence-electron chi connectivity index (χ4n) is 3.88. The van der Waals surface area contributed by atoms with E-state index in [-0.39, 0.29) is 5.91 Å². The van der Waals surface area contributed by atoms with Crippen LogP contribution in [0.25, 0.3) is 0 Å². The van der Waals surface area contributed by atoms with Gasteiger partial charge in [0.15, 0.2) is 0 Å². The zero-order chi connectivity index (χ0) is 20.6. The van der Waals surface area contributed by atoms with E-state index < -0.39 is 0 Å². The number of imidazole rings is 1. The summed E-state index contributed by atoms with van der Waals surface area (Å²) in [7, 11) is 0. The van der Waals surface area contributed by atoms with Crippen molar-refractivity contribution >= 4 is 5.91 Å². The monoisotopic (exact) mass is 408 g/mol. The Morgan fingerprint density at radius 2 is 2.20 bits per heavy atom. The van der Waals surface area contributed by atoms with Crippen LogP contribution in [0.4, 0.5) is 0 Å². The van der Waals surface area contributed by atoms with E-state index >= 15 is 0 Å². The maximum Gasteiger partial charge on any atom is 0.234 e. The molecule has 0 spiro atoms. The maximum atomic E-state index is 12.5. The van der Waals surface area contributed by atoms with E-state index in [9.17, 15) is 4.79 Å². The molecule has 0 aliphatic carbocycles. The molecule has 7 nitrogen and oxygen atoms in total.